The van der Waals surface area contributed by atoms with E-state index in [1.807, 2.05) is 18.2 Å². The van der Waals surface area contributed by atoms with Crippen LogP contribution in [-0.4, -0.2) is 47.6 Å². The Morgan fingerprint density at radius 2 is 2.10 bits per heavy atom. The minimum atomic E-state index is -0.301. The summed E-state index contributed by atoms with van der Waals surface area (Å²) in [5, 5.41) is 2.86. The quantitative estimate of drug-likeness (QED) is 0.695. The molecule has 2 aromatic rings. The van der Waals surface area contributed by atoms with Gasteiger partial charge >= 0.3 is 0 Å². The number of rotatable bonds is 8. The third-order valence-electron chi connectivity index (χ3n) is 5.04. The molecule has 8 heteroatoms. The summed E-state index contributed by atoms with van der Waals surface area (Å²) in [5.41, 5.74) is 7.33. The fourth-order valence-corrected chi connectivity index (χ4v) is 3.55. The molecule has 29 heavy (non-hydrogen) atoms. The van der Waals surface area contributed by atoms with Gasteiger partial charge in [-0.2, -0.15) is 0 Å². The molecule has 3 rings (SSSR count). The molecule has 1 saturated heterocycles. The number of hydrogen-bond donors (Lipinski definition) is 2. The van der Waals surface area contributed by atoms with Gasteiger partial charge in [0.05, 0.1) is 18.2 Å². The Morgan fingerprint density at radius 1 is 1.28 bits per heavy atom. The van der Waals surface area contributed by atoms with Crippen LogP contribution in [0.25, 0.3) is 0 Å². The second kappa shape index (κ2) is 9.49. The number of aromatic nitrogens is 1. The molecule has 1 aromatic carbocycles. The van der Waals surface area contributed by atoms with Gasteiger partial charge in [0.25, 0.3) is 11.5 Å². The second-order valence-corrected chi connectivity index (χ2v) is 7.13. The van der Waals surface area contributed by atoms with E-state index in [1.165, 1.54) is 22.9 Å². The summed E-state index contributed by atoms with van der Waals surface area (Å²) < 4.78 is 6.44. The van der Waals surface area contributed by atoms with Gasteiger partial charge in [-0.05, 0) is 43.1 Å². The van der Waals surface area contributed by atoms with Crippen LogP contribution in [0.5, 0.6) is 0 Å². The fourth-order valence-electron chi connectivity index (χ4n) is 3.55. The molecule has 1 aliphatic heterocycles. The first kappa shape index (κ1) is 20.8. The van der Waals surface area contributed by atoms with E-state index in [1.54, 1.807) is 13.2 Å². The van der Waals surface area contributed by atoms with Crippen LogP contribution in [0.15, 0.2) is 47.4 Å². The Balaban J connectivity index is 1.69. The van der Waals surface area contributed by atoms with E-state index in [4.69, 9.17) is 10.5 Å². The Labute approximate surface area is 169 Å². The predicted octanol–water partition coefficient (Wildman–Crippen LogP) is 1.20. The zero-order valence-electron chi connectivity index (χ0n) is 16.5. The summed E-state index contributed by atoms with van der Waals surface area (Å²) >= 11 is 0. The fraction of sp³-hybridized carbons (Fsp3) is 0.381. The van der Waals surface area contributed by atoms with Crippen LogP contribution in [0.3, 0.4) is 0 Å². The topological polar surface area (TPSA) is 107 Å². The highest BCUT2D eigenvalue weighted by atomic mass is 16.5. The van der Waals surface area contributed by atoms with Crippen LogP contribution in [0, 0.1) is 0 Å². The maximum absolute atomic E-state index is 12.6. The van der Waals surface area contributed by atoms with E-state index in [-0.39, 0.29) is 23.4 Å². The third kappa shape index (κ3) is 5.30. The monoisotopic (exact) mass is 398 g/mol. The number of nitrogens with one attached hydrogen (secondary N) is 1. The summed E-state index contributed by atoms with van der Waals surface area (Å²) in [6.45, 7) is 2.19. The smallest absolute Gasteiger partial charge is 0.257 e. The molecule has 2 amide bonds. The van der Waals surface area contributed by atoms with Crippen molar-refractivity contribution in [3.63, 3.8) is 0 Å². The summed E-state index contributed by atoms with van der Waals surface area (Å²) in [6.07, 6.45) is 3.26. The SMILES string of the molecule is COCCn1cc(C(=O)Nc2cccc(CN3CCCC3C(N)=O)c2)ccc1=O. The molecule has 0 saturated carbocycles. The lowest BCUT2D eigenvalue weighted by molar-refractivity contribution is -0.122. The molecule has 1 fully saturated rings. The highest BCUT2D eigenvalue weighted by Gasteiger charge is 2.28. The Morgan fingerprint density at radius 3 is 2.86 bits per heavy atom. The molecule has 154 valence electrons. The van der Waals surface area contributed by atoms with E-state index in [2.05, 4.69) is 10.2 Å². The Kier molecular flexibility index (Phi) is 6.79. The van der Waals surface area contributed by atoms with Crippen molar-refractivity contribution in [1.82, 2.24) is 9.47 Å². The van der Waals surface area contributed by atoms with E-state index in [9.17, 15) is 14.4 Å². The number of anilines is 1. The van der Waals surface area contributed by atoms with Gasteiger partial charge in [-0.25, -0.2) is 0 Å². The van der Waals surface area contributed by atoms with Crippen LogP contribution in [0.2, 0.25) is 0 Å². The molecular formula is C21H26N4O4. The van der Waals surface area contributed by atoms with Crippen LogP contribution in [-0.2, 0) is 22.6 Å². The van der Waals surface area contributed by atoms with Gasteiger partial charge in [-0.1, -0.05) is 12.1 Å². The van der Waals surface area contributed by atoms with Gasteiger partial charge in [-0.15, -0.1) is 0 Å². The van der Waals surface area contributed by atoms with Crippen LogP contribution >= 0.6 is 0 Å². The zero-order chi connectivity index (χ0) is 20.8. The number of carbonyl (C=O) groups excluding carboxylic acids is 2. The average molecular weight is 398 g/mol. The number of likely N-dealkylation sites (tertiary alicyclic amines) is 1. The number of ether oxygens (including phenoxy) is 1. The van der Waals surface area contributed by atoms with Crippen molar-refractivity contribution in [2.75, 3.05) is 25.6 Å². The maximum atomic E-state index is 12.6. The van der Waals surface area contributed by atoms with E-state index >= 15 is 0 Å². The summed E-state index contributed by atoms with van der Waals surface area (Å²) in [5.74, 6) is -0.597. The predicted molar refractivity (Wildman–Crippen MR) is 110 cm³/mol. The minimum absolute atomic E-state index is 0.185. The highest BCUT2D eigenvalue weighted by molar-refractivity contribution is 6.04. The number of amides is 2. The number of nitrogens with two attached hydrogens (primary N) is 1. The molecule has 1 atom stereocenters. The standard InChI is InChI=1S/C21H26N4O4/c1-29-11-10-25-14-16(7-8-19(25)26)21(28)23-17-5-2-4-15(12-17)13-24-9-3-6-18(24)20(22)27/h2,4-5,7-8,12,14,18H,3,6,9-11,13H2,1H3,(H2,22,27)(H,23,28). The molecule has 0 aliphatic carbocycles. The minimum Gasteiger partial charge on any atom is -0.383 e. The average Bonchev–Trinajstić information content (AvgIpc) is 3.16. The van der Waals surface area contributed by atoms with Crippen LogP contribution < -0.4 is 16.6 Å². The number of hydrogen-bond acceptors (Lipinski definition) is 5. The van der Waals surface area contributed by atoms with Crippen molar-refractivity contribution in [2.24, 2.45) is 5.73 Å². The second-order valence-electron chi connectivity index (χ2n) is 7.13. The largest absolute Gasteiger partial charge is 0.383 e. The van der Waals surface area contributed by atoms with Crippen molar-refractivity contribution in [2.45, 2.75) is 32.0 Å². The number of primary amides is 1. The summed E-state index contributed by atoms with van der Waals surface area (Å²) in [6, 6.07) is 10.1. The first-order valence-electron chi connectivity index (χ1n) is 9.61. The van der Waals surface area contributed by atoms with Crippen molar-refractivity contribution in [3.05, 3.63) is 64.1 Å². The van der Waals surface area contributed by atoms with Gasteiger partial charge in [-0.3, -0.25) is 19.3 Å². The van der Waals surface area contributed by atoms with Crippen molar-refractivity contribution >= 4 is 17.5 Å². The third-order valence-corrected chi connectivity index (χ3v) is 5.04. The zero-order valence-corrected chi connectivity index (χ0v) is 16.5. The first-order valence-corrected chi connectivity index (χ1v) is 9.61. The Hall–Kier alpha value is -2.97. The molecule has 0 radical (unpaired) electrons. The Bertz CT molecular complexity index is 940. The number of carbonyl (C=O) groups is 2. The van der Waals surface area contributed by atoms with Crippen molar-refractivity contribution < 1.29 is 14.3 Å². The lowest BCUT2D eigenvalue weighted by Crippen LogP contribution is -2.39. The summed E-state index contributed by atoms with van der Waals surface area (Å²) in [4.78, 5) is 38.1. The van der Waals surface area contributed by atoms with Gasteiger partial charge in [0.2, 0.25) is 5.91 Å². The van der Waals surface area contributed by atoms with E-state index < -0.39 is 0 Å². The number of nitrogens with zero attached hydrogens (tertiary/aromatic N) is 2. The van der Waals surface area contributed by atoms with E-state index in [0.717, 1.165) is 24.9 Å². The highest BCUT2D eigenvalue weighted by Crippen LogP contribution is 2.21. The molecule has 0 bridgehead atoms. The molecule has 1 aliphatic rings. The van der Waals surface area contributed by atoms with Gasteiger partial charge in [0.15, 0.2) is 0 Å². The first-order chi connectivity index (χ1) is 14.0. The maximum Gasteiger partial charge on any atom is 0.257 e. The lowest BCUT2D eigenvalue weighted by atomic mass is 10.1. The van der Waals surface area contributed by atoms with Crippen LogP contribution in [0.1, 0.15) is 28.8 Å². The molecule has 1 aromatic heterocycles. The van der Waals surface area contributed by atoms with Crippen molar-refractivity contribution in [1.29, 1.82) is 0 Å². The number of benzene rings is 1. The number of methoxy groups -OCH3 is 1. The van der Waals surface area contributed by atoms with Crippen LogP contribution in [0.4, 0.5) is 5.69 Å². The molecule has 0 spiro atoms. The molecule has 8 nitrogen and oxygen atoms in total. The van der Waals surface area contributed by atoms with E-state index in [0.29, 0.717) is 30.9 Å². The number of pyridine rings is 1. The lowest BCUT2D eigenvalue weighted by Gasteiger charge is -2.22. The summed E-state index contributed by atoms with van der Waals surface area (Å²) in [7, 11) is 1.56. The molecule has 1 unspecified atom stereocenters. The normalized spacial score (nSPS) is 16.7. The van der Waals surface area contributed by atoms with Gasteiger partial charge in [0.1, 0.15) is 0 Å². The van der Waals surface area contributed by atoms with Crippen molar-refractivity contribution in [3.8, 4) is 0 Å². The van der Waals surface area contributed by atoms with Gasteiger partial charge in [0, 0.05) is 38.1 Å². The molecule has 2 heterocycles. The molecular weight excluding hydrogens is 372 g/mol. The van der Waals surface area contributed by atoms with Gasteiger partial charge < -0.3 is 20.4 Å². The molecule has 3 N–H and O–H groups in total.